The molecule has 1 amide bonds. The molecule has 2 aliphatic rings. The molecule has 120 valence electrons. The number of nitrogens with one attached hydrogen (secondary N) is 2. The third-order valence-electron chi connectivity index (χ3n) is 5.08. The second-order valence-corrected chi connectivity index (χ2v) is 6.60. The standard InChI is InChI=1S/C18H25FN2O/c19-16-10-4-3-9-15(16)17(13-6-1-2-7-13)21-18(22)14-8-5-11-20-12-14/h3-4,9-10,13-14,17,20H,1-2,5-8,11-12H2,(H,21,22). The molecule has 2 atom stereocenters. The fourth-order valence-electron chi connectivity index (χ4n) is 3.81. The van der Waals surface area contributed by atoms with Gasteiger partial charge in [0.25, 0.3) is 0 Å². The number of rotatable bonds is 4. The predicted molar refractivity (Wildman–Crippen MR) is 84.8 cm³/mol. The summed E-state index contributed by atoms with van der Waals surface area (Å²) in [6.07, 6.45) is 6.46. The highest BCUT2D eigenvalue weighted by molar-refractivity contribution is 5.79. The molecule has 0 aromatic heterocycles. The van der Waals surface area contributed by atoms with Crippen LogP contribution in [0.5, 0.6) is 0 Å². The molecule has 3 nitrogen and oxygen atoms in total. The highest BCUT2D eigenvalue weighted by Crippen LogP contribution is 2.36. The topological polar surface area (TPSA) is 41.1 Å². The van der Waals surface area contributed by atoms with Crippen molar-refractivity contribution >= 4 is 5.91 Å². The molecule has 1 aromatic carbocycles. The van der Waals surface area contributed by atoms with Crippen LogP contribution in [0.15, 0.2) is 24.3 Å². The first-order chi connectivity index (χ1) is 10.8. The molecular weight excluding hydrogens is 279 g/mol. The minimum absolute atomic E-state index is 0.0180. The second kappa shape index (κ2) is 7.23. The Bertz CT molecular complexity index is 508. The Hall–Kier alpha value is -1.42. The number of amides is 1. The zero-order valence-electron chi connectivity index (χ0n) is 13.0. The van der Waals surface area contributed by atoms with E-state index in [0.29, 0.717) is 11.5 Å². The molecule has 0 radical (unpaired) electrons. The minimum atomic E-state index is -0.207. The Morgan fingerprint density at radius 2 is 1.95 bits per heavy atom. The van der Waals surface area contributed by atoms with E-state index in [2.05, 4.69) is 10.6 Å². The molecule has 1 aliphatic heterocycles. The summed E-state index contributed by atoms with van der Waals surface area (Å²) in [4.78, 5) is 12.6. The molecule has 2 unspecified atom stereocenters. The van der Waals surface area contributed by atoms with Gasteiger partial charge in [0.15, 0.2) is 0 Å². The largest absolute Gasteiger partial charge is 0.349 e. The summed E-state index contributed by atoms with van der Waals surface area (Å²) in [5, 5.41) is 6.44. The Balaban J connectivity index is 1.76. The Kier molecular flexibility index (Phi) is 5.08. The molecule has 4 heteroatoms. The van der Waals surface area contributed by atoms with Crippen LogP contribution in [0.1, 0.15) is 50.1 Å². The van der Waals surface area contributed by atoms with Crippen molar-refractivity contribution in [1.82, 2.24) is 10.6 Å². The van der Waals surface area contributed by atoms with E-state index in [4.69, 9.17) is 0 Å². The summed E-state index contributed by atoms with van der Waals surface area (Å²) in [5.74, 6) is 0.246. The molecule has 2 N–H and O–H groups in total. The van der Waals surface area contributed by atoms with Crippen molar-refractivity contribution in [2.45, 2.75) is 44.6 Å². The van der Waals surface area contributed by atoms with Gasteiger partial charge in [-0.25, -0.2) is 4.39 Å². The Morgan fingerprint density at radius 3 is 2.64 bits per heavy atom. The average molecular weight is 304 g/mol. The molecule has 1 aliphatic carbocycles. The smallest absolute Gasteiger partial charge is 0.224 e. The lowest BCUT2D eigenvalue weighted by atomic mass is 9.90. The van der Waals surface area contributed by atoms with Gasteiger partial charge in [0.05, 0.1) is 12.0 Å². The minimum Gasteiger partial charge on any atom is -0.349 e. The van der Waals surface area contributed by atoms with Crippen LogP contribution >= 0.6 is 0 Å². The lowest BCUT2D eigenvalue weighted by Crippen LogP contribution is -2.43. The maximum absolute atomic E-state index is 14.2. The van der Waals surface area contributed by atoms with Crippen LogP contribution in [-0.4, -0.2) is 19.0 Å². The van der Waals surface area contributed by atoms with Crippen LogP contribution in [0, 0.1) is 17.7 Å². The quantitative estimate of drug-likeness (QED) is 0.897. The van der Waals surface area contributed by atoms with Crippen molar-refractivity contribution in [3.8, 4) is 0 Å². The maximum atomic E-state index is 14.2. The molecule has 1 saturated heterocycles. The Morgan fingerprint density at radius 1 is 1.18 bits per heavy atom. The number of halogens is 1. The first-order valence-corrected chi connectivity index (χ1v) is 8.51. The van der Waals surface area contributed by atoms with Crippen molar-refractivity contribution in [3.05, 3.63) is 35.6 Å². The maximum Gasteiger partial charge on any atom is 0.224 e. The van der Waals surface area contributed by atoms with Crippen LogP contribution in [-0.2, 0) is 4.79 Å². The highest BCUT2D eigenvalue weighted by Gasteiger charge is 2.31. The molecule has 0 bridgehead atoms. The van der Waals surface area contributed by atoms with Crippen molar-refractivity contribution in [2.75, 3.05) is 13.1 Å². The van der Waals surface area contributed by atoms with Crippen LogP contribution in [0.3, 0.4) is 0 Å². The number of hydrogen-bond acceptors (Lipinski definition) is 2. The van der Waals surface area contributed by atoms with Crippen LogP contribution in [0.4, 0.5) is 4.39 Å². The first kappa shape index (κ1) is 15.5. The van der Waals surface area contributed by atoms with Crippen molar-refractivity contribution in [2.24, 2.45) is 11.8 Å². The third kappa shape index (κ3) is 3.49. The van der Waals surface area contributed by atoms with E-state index in [1.165, 1.54) is 18.9 Å². The molecule has 1 saturated carbocycles. The van der Waals surface area contributed by atoms with E-state index in [9.17, 15) is 9.18 Å². The third-order valence-corrected chi connectivity index (χ3v) is 5.08. The van der Waals surface area contributed by atoms with E-state index in [1.807, 2.05) is 12.1 Å². The predicted octanol–water partition coefficient (Wildman–Crippen LogP) is 3.17. The van der Waals surface area contributed by atoms with Gasteiger partial charge in [-0.05, 0) is 44.2 Å². The van der Waals surface area contributed by atoms with Crippen molar-refractivity contribution < 1.29 is 9.18 Å². The lowest BCUT2D eigenvalue weighted by Gasteiger charge is -2.29. The zero-order chi connectivity index (χ0) is 15.4. The van der Waals surface area contributed by atoms with Gasteiger partial charge in [0, 0.05) is 12.1 Å². The summed E-state index contributed by atoms with van der Waals surface area (Å²) < 4.78 is 14.2. The highest BCUT2D eigenvalue weighted by atomic mass is 19.1. The van der Waals surface area contributed by atoms with Gasteiger partial charge in [-0.1, -0.05) is 31.0 Å². The summed E-state index contributed by atoms with van der Waals surface area (Å²) >= 11 is 0. The SMILES string of the molecule is O=C(NC(c1ccccc1F)C1CCCC1)C1CCCNC1. The van der Waals surface area contributed by atoms with E-state index in [0.717, 1.165) is 38.8 Å². The van der Waals surface area contributed by atoms with Gasteiger partial charge in [0.1, 0.15) is 5.82 Å². The van der Waals surface area contributed by atoms with Gasteiger partial charge < -0.3 is 10.6 Å². The first-order valence-electron chi connectivity index (χ1n) is 8.51. The fourth-order valence-corrected chi connectivity index (χ4v) is 3.81. The van der Waals surface area contributed by atoms with E-state index in [1.54, 1.807) is 6.07 Å². The summed E-state index contributed by atoms with van der Waals surface area (Å²) in [6, 6.07) is 6.69. The van der Waals surface area contributed by atoms with Crippen LogP contribution < -0.4 is 10.6 Å². The number of piperidine rings is 1. The summed E-state index contributed by atoms with van der Waals surface area (Å²) in [7, 11) is 0. The molecule has 1 aromatic rings. The van der Waals surface area contributed by atoms with E-state index < -0.39 is 0 Å². The number of benzene rings is 1. The van der Waals surface area contributed by atoms with Gasteiger partial charge >= 0.3 is 0 Å². The molecule has 0 spiro atoms. The van der Waals surface area contributed by atoms with Crippen LogP contribution in [0.2, 0.25) is 0 Å². The average Bonchev–Trinajstić information content (AvgIpc) is 3.08. The molecular formula is C18H25FN2O. The number of carbonyl (C=O) groups is 1. The molecule has 22 heavy (non-hydrogen) atoms. The molecule has 3 rings (SSSR count). The molecule has 2 fully saturated rings. The van der Waals surface area contributed by atoms with Gasteiger partial charge in [-0.3, -0.25) is 4.79 Å². The lowest BCUT2D eigenvalue weighted by molar-refractivity contribution is -0.126. The Labute approximate surface area is 131 Å². The van der Waals surface area contributed by atoms with Gasteiger partial charge in [-0.15, -0.1) is 0 Å². The normalized spacial score (nSPS) is 24.1. The van der Waals surface area contributed by atoms with E-state index >= 15 is 0 Å². The van der Waals surface area contributed by atoms with Crippen LogP contribution in [0.25, 0.3) is 0 Å². The zero-order valence-corrected chi connectivity index (χ0v) is 13.0. The van der Waals surface area contributed by atoms with Gasteiger partial charge in [-0.2, -0.15) is 0 Å². The summed E-state index contributed by atoms with van der Waals surface area (Å²) in [6.45, 7) is 1.73. The second-order valence-electron chi connectivity index (χ2n) is 6.60. The van der Waals surface area contributed by atoms with Gasteiger partial charge in [0.2, 0.25) is 5.91 Å². The van der Waals surface area contributed by atoms with Crippen molar-refractivity contribution in [1.29, 1.82) is 0 Å². The molecule has 1 heterocycles. The summed E-state index contributed by atoms with van der Waals surface area (Å²) in [5.41, 5.74) is 0.645. The number of carbonyl (C=O) groups excluding carboxylic acids is 1. The monoisotopic (exact) mass is 304 g/mol. The van der Waals surface area contributed by atoms with Crippen molar-refractivity contribution in [3.63, 3.8) is 0 Å². The van der Waals surface area contributed by atoms with E-state index in [-0.39, 0.29) is 23.7 Å². The number of hydrogen-bond donors (Lipinski definition) is 2. The fraction of sp³-hybridized carbons (Fsp3) is 0.611.